The van der Waals surface area contributed by atoms with E-state index in [-0.39, 0.29) is 17.5 Å². The lowest BCUT2D eigenvalue weighted by Crippen LogP contribution is -2.33. The lowest BCUT2D eigenvalue weighted by Gasteiger charge is -2.35. The minimum Gasteiger partial charge on any atom is -0.361 e. The van der Waals surface area contributed by atoms with E-state index in [0.29, 0.717) is 17.6 Å². The summed E-state index contributed by atoms with van der Waals surface area (Å²) >= 11 is 1.67. The van der Waals surface area contributed by atoms with Crippen LogP contribution in [0, 0.1) is 17.1 Å². The number of nitrogens with zero attached hydrogens (tertiary/aromatic N) is 1. The van der Waals surface area contributed by atoms with Gasteiger partial charge in [-0.3, -0.25) is 4.79 Å². The Morgan fingerprint density at radius 1 is 1.23 bits per heavy atom. The number of hydrogen-bond acceptors (Lipinski definition) is 4. The summed E-state index contributed by atoms with van der Waals surface area (Å²) in [6, 6.07) is 12.4. The van der Waals surface area contributed by atoms with Gasteiger partial charge in [0.2, 0.25) is 0 Å². The molecule has 5 heteroatoms. The lowest BCUT2D eigenvalue weighted by molar-refractivity contribution is -0.116. The summed E-state index contributed by atoms with van der Waals surface area (Å²) in [5.41, 5.74) is 3.62. The number of carbonyl (C=O) groups excluding carboxylic acids is 1. The van der Waals surface area contributed by atoms with Gasteiger partial charge in [-0.1, -0.05) is 18.2 Å². The summed E-state index contributed by atoms with van der Waals surface area (Å²) in [7, 11) is 0. The minimum absolute atomic E-state index is 0.0618. The number of halogens is 1. The maximum absolute atomic E-state index is 13.4. The zero-order valence-electron chi connectivity index (χ0n) is 14.3. The highest BCUT2D eigenvalue weighted by Crippen LogP contribution is 2.45. The maximum Gasteiger partial charge on any atom is 0.162 e. The number of carbonyl (C=O) groups is 1. The molecular weight excluding hydrogens is 347 g/mol. The van der Waals surface area contributed by atoms with E-state index >= 15 is 0 Å². The molecular formula is C21H17FN2OS. The quantitative estimate of drug-likeness (QED) is 0.835. The molecule has 130 valence electrons. The van der Waals surface area contributed by atoms with E-state index in [4.69, 9.17) is 0 Å². The van der Waals surface area contributed by atoms with Crippen molar-refractivity contribution in [2.24, 2.45) is 0 Å². The highest BCUT2D eigenvalue weighted by Gasteiger charge is 2.39. The van der Waals surface area contributed by atoms with Crippen molar-refractivity contribution in [3.05, 3.63) is 80.6 Å². The van der Waals surface area contributed by atoms with Crippen LogP contribution >= 0.6 is 11.3 Å². The zero-order chi connectivity index (χ0) is 18.3. The first kappa shape index (κ1) is 16.7. The molecule has 2 aromatic rings. The summed E-state index contributed by atoms with van der Waals surface area (Å²) in [5.74, 6) is -0.525. The van der Waals surface area contributed by atoms with Gasteiger partial charge in [-0.05, 0) is 42.5 Å². The number of allylic oxidation sites excluding steroid dienone is 4. The minimum atomic E-state index is -0.423. The fourth-order valence-corrected chi connectivity index (χ4v) is 4.73. The van der Waals surface area contributed by atoms with E-state index < -0.39 is 5.92 Å². The van der Waals surface area contributed by atoms with Gasteiger partial charge in [-0.25, -0.2) is 4.39 Å². The van der Waals surface area contributed by atoms with E-state index in [1.54, 1.807) is 23.5 Å². The molecule has 0 bridgehead atoms. The summed E-state index contributed by atoms with van der Waals surface area (Å²) in [6.07, 6.45) is 1.19. The Hall–Kier alpha value is -2.71. The van der Waals surface area contributed by atoms with E-state index in [1.807, 2.05) is 18.4 Å². The lowest BCUT2D eigenvalue weighted by atomic mass is 9.73. The van der Waals surface area contributed by atoms with Gasteiger partial charge >= 0.3 is 0 Å². The average Bonchev–Trinajstić information content (AvgIpc) is 3.16. The molecule has 2 heterocycles. The van der Waals surface area contributed by atoms with Crippen LogP contribution < -0.4 is 5.32 Å². The van der Waals surface area contributed by atoms with E-state index in [2.05, 4.69) is 17.5 Å². The van der Waals surface area contributed by atoms with Gasteiger partial charge in [0.25, 0.3) is 0 Å². The molecule has 1 aliphatic heterocycles. The average molecular weight is 364 g/mol. The van der Waals surface area contributed by atoms with Crippen molar-refractivity contribution in [2.45, 2.75) is 31.6 Å². The predicted molar refractivity (Wildman–Crippen MR) is 98.9 cm³/mol. The third-order valence-corrected chi connectivity index (χ3v) is 6.13. The van der Waals surface area contributed by atoms with Crippen LogP contribution in [0.2, 0.25) is 0 Å². The molecule has 2 aliphatic rings. The first-order chi connectivity index (χ1) is 12.6. The molecule has 2 unspecified atom stereocenters. The second-order valence-corrected chi connectivity index (χ2v) is 7.68. The van der Waals surface area contributed by atoms with Crippen molar-refractivity contribution < 1.29 is 9.18 Å². The van der Waals surface area contributed by atoms with Crippen LogP contribution in [-0.2, 0) is 4.79 Å². The molecule has 0 amide bonds. The summed E-state index contributed by atoms with van der Waals surface area (Å²) in [4.78, 5) is 14.3. The maximum atomic E-state index is 13.4. The van der Waals surface area contributed by atoms with Crippen molar-refractivity contribution in [3.63, 3.8) is 0 Å². The topological polar surface area (TPSA) is 52.9 Å². The standard InChI is InChI=1S/C21H17FN2OS/c1-12-16(11-23)20(13-4-6-15(22)7-5-13)21-17(24-12)9-14(10-18(21)25)19-3-2-8-26-19/h2-8,14,20,24H,9-10H2,1H3. The van der Waals surface area contributed by atoms with Gasteiger partial charge in [0.05, 0.1) is 17.6 Å². The Labute approximate surface area is 155 Å². The molecule has 0 radical (unpaired) electrons. The molecule has 1 aromatic carbocycles. The third-order valence-electron chi connectivity index (χ3n) is 5.10. The zero-order valence-corrected chi connectivity index (χ0v) is 15.1. The highest BCUT2D eigenvalue weighted by molar-refractivity contribution is 7.10. The molecule has 1 N–H and O–H groups in total. The Morgan fingerprint density at radius 3 is 2.65 bits per heavy atom. The Bertz CT molecular complexity index is 964. The third kappa shape index (κ3) is 2.77. The Balaban J connectivity index is 1.80. The van der Waals surface area contributed by atoms with Crippen molar-refractivity contribution in [1.29, 1.82) is 5.26 Å². The van der Waals surface area contributed by atoms with Gasteiger partial charge in [-0.2, -0.15) is 5.26 Å². The normalized spacial score (nSPS) is 22.7. The van der Waals surface area contributed by atoms with Crippen LogP contribution in [0.4, 0.5) is 4.39 Å². The van der Waals surface area contributed by atoms with Gasteiger partial charge in [-0.15, -0.1) is 11.3 Å². The van der Waals surface area contributed by atoms with Gasteiger partial charge in [0, 0.05) is 34.2 Å². The predicted octanol–water partition coefficient (Wildman–Crippen LogP) is 4.77. The van der Waals surface area contributed by atoms with Gasteiger partial charge in [0.1, 0.15) is 5.82 Å². The molecule has 0 saturated carbocycles. The summed E-state index contributed by atoms with van der Waals surface area (Å²) in [5, 5.41) is 15.0. The van der Waals surface area contributed by atoms with Crippen LogP contribution in [0.15, 0.2) is 64.3 Å². The molecule has 1 aromatic heterocycles. The molecule has 4 rings (SSSR count). The number of benzene rings is 1. The van der Waals surface area contributed by atoms with Crippen molar-refractivity contribution in [2.75, 3.05) is 0 Å². The van der Waals surface area contributed by atoms with Crippen molar-refractivity contribution in [1.82, 2.24) is 5.32 Å². The molecule has 26 heavy (non-hydrogen) atoms. The SMILES string of the molecule is CC1=C(C#N)C(c2ccc(F)cc2)C2=C(CC(c3cccs3)CC2=O)N1. The second-order valence-electron chi connectivity index (χ2n) is 6.70. The first-order valence-electron chi connectivity index (χ1n) is 8.51. The monoisotopic (exact) mass is 364 g/mol. The number of thiophene rings is 1. The van der Waals surface area contributed by atoms with Gasteiger partial charge in [0.15, 0.2) is 5.78 Å². The second kappa shape index (κ2) is 6.54. The van der Waals surface area contributed by atoms with Crippen molar-refractivity contribution >= 4 is 17.1 Å². The van der Waals surface area contributed by atoms with Crippen LogP contribution in [-0.4, -0.2) is 5.78 Å². The summed E-state index contributed by atoms with van der Waals surface area (Å²) < 4.78 is 13.4. The van der Waals surface area contributed by atoms with Crippen LogP contribution in [0.3, 0.4) is 0 Å². The van der Waals surface area contributed by atoms with Crippen LogP contribution in [0.25, 0.3) is 0 Å². The fraction of sp³-hybridized carbons (Fsp3) is 0.238. The number of dihydropyridines is 1. The molecule has 0 fully saturated rings. The smallest absolute Gasteiger partial charge is 0.162 e. The molecule has 0 spiro atoms. The number of rotatable bonds is 2. The highest BCUT2D eigenvalue weighted by atomic mass is 32.1. The number of nitrogens with one attached hydrogen (secondary N) is 1. The van der Waals surface area contributed by atoms with E-state index in [1.165, 1.54) is 17.0 Å². The van der Waals surface area contributed by atoms with Crippen LogP contribution in [0.5, 0.6) is 0 Å². The molecule has 2 atom stereocenters. The number of hydrogen-bond donors (Lipinski definition) is 1. The fourth-order valence-electron chi connectivity index (χ4n) is 3.90. The first-order valence-corrected chi connectivity index (χ1v) is 9.39. The number of nitriles is 1. The number of ketones is 1. The van der Waals surface area contributed by atoms with Crippen molar-refractivity contribution in [3.8, 4) is 6.07 Å². The molecule has 3 nitrogen and oxygen atoms in total. The van der Waals surface area contributed by atoms with Gasteiger partial charge < -0.3 is 5.32 Å². The Morgan fingerprint density at radius 2 is 2.00 bits per heavy atom. The summed E-state index contributed by atoms with van der Waals surface area (Å²) in [6.45, 7) is 1.86. The van der Waals surface area contributed by atoms with E-state index in [0.717, 1.165) is 23.4 Å². The molecule has 0 saturated heterocycles. The Kier molecular flexibility index (Phi) is 4.21. The van der Waals surface area contributed by atoms with Crippen LogP contribution in [0.1, 0.15) is 42.0 Å². The molecule has 1 aliphatic carbocycles. The largest absolute Gasteiger partial charge is 0.361 e. The number of Topliss-reactive ketones (excluding diaryl/α,β-unsaturated/α-hetero) is 1. The van der Waals surface area contributed by atoms with E-state index in [9.17, 15) is 14.4 Å².